The summed E-state index contributed by atoms with van der Waals surface area (Å²) in [5.74, 6) is -1.11. The van der Waals surface area contributed by atoms with Gasteiger partial charge in [0, 0.05) is 25.0 Å². The van der Waals surface area contributed by atoms with Gasteiger partial charge in [-0.05, 0) is 36.4 Å². The van der Waals surface area contributed by atoms with Crippen molar-refractivity contribution in [2.75, 3.05) is 49.8 Å². The number of fused-ring (bicyclic) bond motifs is 1. The molecule has 4 amide bonds. The van der Waals surface area contributed by atoms with E-state index in [-0.39, 0.29) is 30.2 Å². The lowest BCUT2D eigenvalue weighted by molar-refractivity contribution is -0.125. The normalized spacial score (nSPS) is 16.6. The second-order valence-corrected chi connectivity index (χ2v) is 7.67. The standard InChI is InChI=1S/C23H23N3O7/c1-24(15-6-8-16(9-7-15)25-10-11-32-14-20(25)28)23(31)33-13-17(27)12-26-21(29)18-4-2-3-5-19(18)22(26)30/h2-9,17,27H,10-14H2,1H3/t17-/m0/s1. The topological polar surface area (TPSA) is 117 Å². The summed E-state index contributed by atoms with van der Waals surface area (Å²) in [7, 11) is 1.51. The summed E-state index contributed by atoms with van der Waals surface area (Å²) in [5, 5.41) is 10.2. The first kappa shape index (κ1) is 22.4. The number of anilines is 2. The number of hydrogen-bond acceptors (Lipinski definition) is 7. The Morgan fingerprint density at radius 2 is 1.73 bits per heavy atom. The summed E-state index contributed by atoms with van der Waals surface area (Å²) in [5.41, 5.74) is 1.80. The summed E-state index contributed by atoms with van der Waals surface area (Å²) in [6, 6.07) is 13.2. The SMILES string of the molecule is CN(C(=O)OC[C@@H](O)CN1C(=O)c2ccccc2C1=O)c1ccc(N2CCOCC2=O)cc1. The van der Waals surface area contributed by atoms with E-state index in [1.54, 1.807) is 53.4 Å². The largest absolute Gasteiger partial charge is 0.446 e. The molecular formula is C23H23N3O7. The van der Waals surface area contributed by atoms with Gasteiger partial charge < -0.3 is 19.5 Å². The maximum Gasteiger partial charge on any atom is 0.414 e. The van der Waals surface area contributed by atoms with Crippen LogP contribution in [0.2, 0.25) is 0 Å². The third kappa shape index (κ3) is 4.57. The van der Waals surface area contributed by atoms with E-state index >= 15 is 0 Å². The first-order valence-corrected chi connectivity index (χ1v) is 10.4. The van der Waals surface area contributed by atoms with Crippen LogP contribution in [-0.2, 0) is 14.3 Å². The van der Waals surface area contributed by atoms with E-state index in [0.717, 1.165) is 4.90 Å². The zero-order valence-corrected chi connectivity index (χ0v) is 18.0. The summed E-state index contributed by atoms with van der Waals surface area (Å²) < 4.78 is 10.3. The number of amides is 4. The van der Waals surface area contributed by atoms with Gasteiger partial charge in [-0.25, -0.2) is 4.79 Å². The maximum absolute atomic E-state index is 12.4. The van der Waals surface area contributed by atoms with Gasteiger partial charge in [0.15, 0.2) is 0 Å². The molecule has 2 aromatic carbocycles. The van der Waals surface area contributed by atoms with Crippen LogP contribution >= 0.6 is 0 Å². The number of morpholine rings is 1. The number of aliphatic hydroxyl groups excluding tert-OH is 1. The van der Waals surface area contributed by atoms with Crippen LogP contribution in [0.5, 0.6) is 0 Å². The predicted molar refractivity (Wildman–Crippen MR) is 117 cm³/mol. The van der Waals surface area contributed by atoms with E-state index in [4.69, 9.17) is 9.47 Å². The fourth-order valence-electron chi connectivity index (χ4n) is 3.69. The molecule has 10 heteroatoms. The van der Waals surface area contributed by atoms with Crippen LogP contribution < -0.4 is 9.80 Å². The highest BCUT2D eigenvalue weighted by Gasteiger charge is 2.36. The Bertz CT molecular complexity index is 1050. The molecule has 0 spiro atoms. The fourth-order valence-corrected chi connectivity index (χ4v) is 3.69. The number of hydrogen-bond donors (Lipinski definition) is 1. The van der Waals surface area contributed by atoms with E-state index in [1.807, 2.05) is 0 Å². The van der Waals surface area contributed by atoms with Crippen molar-refractivity contribution in [3.05, 3.63) is 59.7 Å². The molecule has 1 fully saturated rings. The highest BCUT2D eigenvalue weighted by Crippen LogP contribution is 2.23. The Balaban J connectivity index is 1.30. The number of carbonyl (C=O) groups is 4. The number of nitrogens with zero attached hydrogens (tertiary/aromatic N) is 3. The smallest absolute Gasteiger partial charge is 0.414 e. The van der Waals surface area contributed by atoms with Crippen LogP contribution in [0.1, 0.15) is 20.7 Å². The van der Waals surface area contributed by atoms with Crippen molar-refractivity contribution in [3.63, 3.8) is 0 Å². The number of rotatable bonds is 6. The highest BCUT2D eigenvalue weighted by molar-refractivity contribution is 6.21. The molecule has 0 unspecified atom stereocenters. The Morgan fingerprint density at radius 3 is 2.33 bits per heavy atom. The lowest BCUT2D eigenvalue weighted by atomic mass is 10.1. The van der Waals surface area contributed by atoms with Crippen LogP contribution in [-0.4, -0.2) is 79.9 Å². The molecule has 0 saturated carbocycles. The molecule has 1 saturated heterocycles. The van der Waals surface area contributed by atoms with Gasteiger partial charge in [-0.1, -0.05) is 12.1 Å². The van der Waals surface area contributed by atoms with Crippen LogP contribution in [0.25, 0.3) is 0 Å². The molecule has 10 nitrogen and oxygen atoms in total. The van der Waals surface area contributed by atoms with Crippen molar-refractivity contribution in [3.8, 4) is 0 Å². The minimum absolute atomic E-state index is 0.0387. The number of imide groups is 1. The van der Waals surface area contributed by atoms with Gasteiger partial charge in [0.25, 0.3) is 17.7 Å². The molecule has 2 heterocycles. The van der Waals surface area contributed by atoms with Gasteiger partial charge in [-0.15, -0.1) is 0 Å². The van der Waals surface area contributed by atoms with Crippen molar-refractivity contribution < 1.29 is 33.8 Å². The van der Waals surface area contributed by atoms with Gasteiger partial charge in [-0.3, -0.25) is 24.2 Å². The van der Waals surface area contributed by atoms with Crippen LogP contribution in [0.15, 0.2) is 48.5 Å². The average molecular weight is 453 g/mol. The zero-order valence-electron chi connectivity index (χ0n) is 18.0. The number of aliphatic hydroxyl groups is 1. The van der Waals surface area contributed by atoms with Crippen molar-refractivity contribution in [1.82, 2.24) is 4.90 Å². The molecule has 172 valence electrons. The third-order valence-corrected chi connectivity index (χ3v) is 5.48. The quantitative estimate of drug-likeness (QED) is 0.655. The molecule has 0 aliphatic carbocycles. The van der Waals surface area contributed by atoms with Crippen LogP contribution in [0, 0.1) is 0 Å². The lowest BCUT2D eigenvalue weighted by Gasteiger charge is -2.27. The molecule has 33 heavy (non-hydrogen) atoms. The molecular weight excluding hydrogens is 430 g/mol. The predicted octanol–water partition coefficient (Wildman–Crippen LogP) is 1.28. The van der Waals surface area contributed by atoms with Crippen molar-refractivity contribution in [2.45, 2.75) is 6.10 Å². The molecule has 0 bridgehead atoms. The maximum atomic E-state index is 12.4. The summed E-state index contributed by atoms with van der Waals surface area (Å²) in [6.45, 7) is 0.281. The van der Waals surface area contributed by atoms with Gasteiger partial charge in [0.05, 0.1) is 24.3 Å². The second-order valence-electron chi connectivity index (χ2n) is 7.67. The lowest BCUT2D eigenvalue weighted by Crippen LogP contribution is -2.41. The van der Waals surface area contributed by atoms with Crippen molar-refractivity contribution in [1.29, 1.82) is 0 Å². The molecule has 0 aromatic heterocycles. The summed E-state index contributed by atoms with van der Waals surface area (Å²) >= 11 is 0. The van der Waals surface area contributed by atoms with Crippen LogP contribution in [0.4, 0.5) is 16.2 Å². The Labute approximate surface area is 189 Å². The average Bonchev–Trinajstić information content (AvgIpc) is 3.07. The zero-order chi connectivity index (χ0) is 23.5. The Kier molecular flexibility index (Phi) is 6.38. The minimum Gasteiger partial charge on any atom is -0.446 e. The molecule has 0 radical (unpaired) electrons. The van der Waals surface area contributed by atoms with E-state index in [9.17, 15) is 24.3 Å². The van der Waals surface area contributed by atoms with E-state index < -0.39 is 30.6 Å². The van der Waals surface area contributed by atoms with E-state index in [0.29, 0.717) is 24.5 Å². The molecule has 2 aromatic rings. The van der Waals surface area contributed by atoms with Crippen molar-refractivity contribution in [2.24, 2.45) is 0 Å². The first-order valence-electron chi connectivity index (χ1n) is 10.4. The molecule has 2 aliphatic rings. The molecule has 1 N–H and O–H groups in total. The van der Waals surface area contributed by atoms with E-state index in [2.05, 4.69) is 0 Å². The molecule has 4 rings (SSSR count). The third-order valence-electron chi connectivity index (χ3n) is 5.48. The minimum atomic E-state index is -1.24. The monoisotopic (exact) mass is 453 g/mol. The van der Waals surface area contributed by atoms with Gasteiger partial charge >= 0.3 is 6.09 Å². The molecule has 2 aliphatic heterocycles. The number of ether oxygens (including phenoxy) is 2. The molecule has 1 atom stereocenters. The second kappa shape index (κ2) is 9.39. The summed E-state index contributed by atoms with van der Waals surface area (Å²) in [4.78, 5) is 52.9. The Hall–Kier alpha value is -3.76. The number of benzene rings is 2. The summed E-state index contributed by atoms with van der Waals surface area (Å²) in [6.07, 6.45) is -1.95. The number of carbonyl (C=O) groups excluding carboxylic acids is 4. The van der Waals surface area contributed by atoms with Gasteiger partial charge in [0.2, 0.25) is 0 Å². The highest BCUT2D eigenvalue weighted by atomic mass is 16.6. The Morgan fingerprint density at radius 1 is 1.09 bits per heavy atom. The fraction of sp³-hybridized carbons (Fsp3) is 0.304. The van der Waals surface area contributed by atoms with Gasteiger partial charge in [-0.2, -0.15) is 0 Å². The van der Waals surface area contributed by atoms with Crippen molar-refractivity contribution >= 4 is 35.2 Å². The van der Waals surface area contributed by atoms with Crippen LogP contribution in [0.3, 0.4) is 0 Å². The first-order chi connectivity index (χ1) is 15.9. The van der Waals surface area contributed by atoms with E-state index in [1.165, 1.54) is 11.9 Å². The van der Waals surface area contributed by atoms with Gasteiger partial charge in [0.1, 0.15) is 19.3 Å². The number of β-amino-alcohol motifs (C(OH)–C–C–N with tert-alkyl or cyclic N) is 1.